The Hall–Kier alpha value is -1.88. The Morgan fingerprint density at radius 3 is 2.77 bits per heavy atom. The van der Waals surface area contributed by atoms with Crippen molar-refractivity contribution in [3.05, 3.63) is 29.3 Å². The maximum absolute atomic E-state index is 12.5. The van der Waals surface area contributed by atoms with Gasteiger partial charge in [0.15, 0.2) is 0 Å². The van der Waals surface area contributed by atoms with Gasteiger partial charge in [-0.2, -0.15) is 0 Å². The van der Waals surface area contributed by atoms with Crippen LogP contribution in [0.2, 0.25) is 0 Å². The highest BCUT2D eigenvalue weighted by Gasteiger charge is 2.35. The summed E-state index contributed by atoms with van der Waals surface area (Å²) in [6.07, 6.45) is 5.12. The molecule has 3 rings (SSSR count). The Bertz CT molecular complexity index is 606. The zero-order valence-corrected chi connectivity index (χ0v) is 12.9. The van der Waals surface area contributed by atoms with Crippen LogP contribution in [0.1, 0.15) is 56.2 Å². The summed E-state index contributed by atoms with van der Waals surface area (Å²) in [5.41, 5.74) is 8.41. The van der Waals surface area contributed by atoms with E-state index in [1.807, 2.05) is 25.1 Å². The van der Waals surface area contributed by atoms with Gasteiger partial charge < -0.3 is 16.4 Å². The minimum Gasteiger partial charge on any atom is -0.348 e. The Kier molecular flexibility index (Phi) is 3.91. The lowest BCUT2D eigenvalue weighted by atomic mass is 9.81. The molecule has 1 heterocycles. The third-order valence-corrected chi connectivity index (χ3v) is 4.80. The van der Waals surface area contributed by atoms with Crippen molar-refractivity contribution in [2.75, 3.05) is 5.32 Å². The summed E-state index contributed by atoms with van der Waals surface area (Å²) in [7, 11) is 0. The highest BCUT2D eigenvalue weighted by atomic mass is 16.2. The first-order valence-corrected chi connectivity index (χ1v) is 8.00. The van der Waals surface area contributed by atoms with E-state index in [1.165, 1.54) is 0 Å². The molecule has 1 unspecified atom stereocenters. The lowest BCUT2D eigenvalue weighted by molar-refractivity contribution is -0.128. The first-order valence-electron chi connectivity index (χ1n) is 8.00. The Morgan fingerprint density at radius 1 is 1.32 bits per heavy atom. The molecule has 1 aromatic rings. The van der Waals surface area contributed by atoms with Crippen LogP contribution in [-0.4, -0.2) is 17.4 Å². The van der Waals surface area contributed by atoms with Gasteiger partial charge in [-0.3, -0.25) is 9.59 Å². The Labute approximate surface area is 130 Å². The molecule has 0 aromatic heterocycles. The molecule has 1 saturated carbocycles. The van der Waals surface area contributed by atoms with E-state index in [1.54, 1.807) is 0 Å². The molecule has 1 atom stereocenters. The Balaban J connectivity index is 1.69. The molecule has 4 N–H and O–H groups in total. The summed E-state index contributed by atoms with van der Waals surface area (Å²) in [6.45, 7) is 1.95. The van der Waals surface area contributed by atoms with E-state index in [9.17, 15) is 9.59 Å². The molecule has 5 nitrogen and oxygen atoms in total. The average molecular weight is 301 g/mol. The van der Waals surface area contributed by atoms with Gasteiger partial charge in [-0.1, -0.05) is 31.4 Å². The molecular weight excluding hydrogens is 278 g/mol. The van der Waals surface area contributed by atoms with Gasteiger partial charge in [0.2, 0.25) is 11.8 Å². The van der Waals surface area contributed by atoms with Crippen molar-refractivity contribution < 1.29 is 9.59 Å². The lowest BCUT2D eigenvalue weighted by Crippen LogP contribution is -2.55. The van der Waals surface area contributed by atoms with Gasteiger partial charge in [0, 0.05) is 5.69 Å². The van der Waals surface area contributed by atoms with E-state index in [2.05, 4.69) is 10.6 Å². The average Bonchev–Trinajstić information content (AvgIpc) is 2.86. The van der Waals surface area contributed by atoms with Gasteiger partial charge in [-0.05, 0) is 37.0 Å². The second-order valence-electron chi connectivity index (χ2n) is 6.55. The maximum Gasteiger partial charge on any atom is 0.240 e. The summed E-state index contributed by atoms with van der Waals surface area (Å²) >= 11 is 0. The minimum atomic E-state index is -0.721. The van der Waals surface area contributed by atoms with Gasteiger partial charge in [-0.15, -0.1) is 0 Å². The lowest BCUT2D eigenvalue weighted by Gasteiger charge is -2.33. The topological polar surface area (TPSA) is 84.2 Å². The third-order valence-electron chi connectivity index (χ3n) is 4.80. The number of nitrogens with one attached hydrogen (secondary N) is 2. The molecule has 2 amide bonds. The predicted octanol–water partition coefficient (Wildman–Crippen LogP) is 2.02. The van der Waals surface area contributed by atoms with E-state index >= 15 is 0 Å². The van der Waals surface area contributed by atoms with Crippen LogP contribution in [0.3, 0.4) is 0 Å². The summed E-state index contributed by atoms with van der Waals surface area (Å²) in [4.78, 5) is 23.9. The second kappa shape index (κ2) is 5.72. The van der Waals surface area contributed by atoms with Crippen LogP contribution in [-0.2, 0) is 16.0 Å². The molecule has 0 radical (unpaired) electrons. The van der Waals surface area contributed by atoms with Crippen LogP contribution >= 0.6 is 0 Å². The monoisotopic (exact) mass is 301 g/mol. The van der Waals surface area contributed by atoms with E-state index < -0.39 is 5.54 Å². The number of hydrogen-bond donors (Lipinski definition) is 3. The smallest absolute Gasteiger partial charge is 0.240 e. The van der Waals surface area contributed by atoms with E-state index in [0.29, 0.717) is 6.42 Å². The number of hydrogen-bond acceptors (Lipinski definition) is 3. The van der Waals surface area contributed by atoms with E-state index in [-0.39, 0.29) is 17.9 Å². The van der Waals surface area contributed by atoms with Crippen LogP contribution in [0.4, 0.5) is 5.69 Å². The molecule has 0 bridgehead atoms. The van der Waals surface area contributed by atoms with Gasteiger partial charge in [0.25, 0.3) is 0 Å². The summed E-state index contributed by atoms with van der Waals surface area (Å²) in [6, 6.07) is 5.72. The van der Waals surface area contributed by atoms with E-state index in [4.69, 9.17) is 5.73 Å². The molecule has 2 aliphatic rings. The fourth-order valence-electron chi connectivity index (χ4n) is 3.35. The predicted molar refractivity (Wildman–Crippen MR) is 85.3 cm³/mol. The number of rotatable bonds is 3. The number of carbonyl (C=O) groups excluding carboxylic acids is 2. The number of nitrogens with two attached hydrogens (primary N) is 1. The van der Waals surface area contributed by atoms with Crippen molar-refractivity contribution in [2.24, 2.45) is 5.73 Å². The maximum atomic E-state index is 12.5. The molecule has 0 saturated heterocycles. The minimum absolute atomic E-state index is 0.0203. The van der Waals surface area contributed by atoms with Crippen LogP contribution < -0.4 is 16.4 Å². The van der Waals surface area contributed by atoms with E-state index in [0.717, 1.165) is 48.9 Å². The summed E-state index contributed by atoms with van der Waals surface area (Å²) < 4.78 is 0. The molecule has 22 heavy (non-hydrogen) atoms. The van der Waals surface area contributed by atoms with Gasteiger partial charge in [0.05, 0.1) is 18.0 Å². The third kappa shape index (κ3) is 2.86. The summed E-state index contributed by atoms with van der Waals surface area (Å²) in [5, 5.41) is 5.86. The van der Waals surface area contributed by atoms with Crippen LogP contribution in [0, 0.1) is 0 Å². The molecule has 118 valence electrons. The van der Waals surface area contributed by atoms with Crippen molar-refractivity contribution >= 4 is 17.5 Å². The van der Waals surface area contributed by atoms with Crippen molar-refractivity contribution in [3.8, 4) is 0 Å². The molecule has 1 aliphatic heterocycles. The van der Waals surface area contributed by atoms with Crippen molar-refractivity contribution in [2.45, 2.75) is 57.0 Å². The van der Waals surface area contributed by atoms with Gasteiger partial charge >= 0.3 is 0 Å². The molecule has 1 aromatic carbocycles. The number of amides is 2. The molecule has 1 aliphatic carbocycles. The first kappa shape index (κ1) is 15.0. The van der Waals surface area contributed by atoms with Gasteiger partial charge in [0.1, 0.15) is 0 Å². The fourth-order valence-corrected chi connectivity index (χ4v) is 3.35. The van der Waals surface area contributed by atoms with Crippen LogP contribution in [0.15, 0.2) is 18.2 Å². The Morgan fingerprint density at radius 2 is 2.05 bits per heavy atom. The second-order valence-corrected chi connectivity index (χ2v) is 6.55. The highest BCUT2D eigenvalue weighted by molar-refractivity contribution is 5.99. The molecule has 1 fully saturated rings. The molecule has 5 heteroatoms. The zero-order valence-electron chi connectivity index (χ0n) is 12.9. The standard InChI is InChI=1S/C17H23N3O2/c1-11(19-16(22)17(18)7-3-2-4-8-17)12-5-6-14-13(9-12)10-15(21)20-14/h5-6,9,11H,2-4,7-8,10,18H2,1H3,(H,19,22)(H,20,21). The van der Waals surface area contributed by atoms with Crippen molar-refractivity contribution in [3.63, 3.8) is 0 Å². The van der Waals surface area contributed by atoms with Gasteiger partial charge in [-0.25, -0.2) is 0 Å². The number of anilines is 1. The highest BCUT2D eigenvalue weighted by Crippen LogP contribution is 2.29. The molecular formula is C17H23N3O2. The van der Waals surface area contributed by atoms with Crippen LogP contribution in [0.5, 0.6) is 0 Å². The largest absolute Gasteiger partial charge is 0.348 e. The van der Waals surface area contributed by atoms with Crippen molar-refractivity contribution in [1.29, 1.82) is 0 Å². The fraction of sp³-hybridized carbons (Fsp3) is 0.529. The number of carbonyl (C=O) groups is 2. The number of benzene rings is 1. The first-order chi connectivity index (χ1) is 10.5. The molecule has 0 spiro atoms. The van der Waals surface area contributed by atoms with Crippen LogP contribution in [0.25, 0.3) is 0 Å². The van der Waals surface area contributed by atoms with Crippen molar-refractivity contribution in [1.82, 2.24) is 5.32 Å². The summed E-state index contributed by atoms with van der Waals surface area (Å²) in [5.74, 6) is -0.0404. The normalized spacial score (nSPS) is 20.9. The zero-order chi connectivity index (χ0) is 15.7. The SMILES string of the molecule is CC(NC(=O)C1(N)CCCCC1)c1ccc2c(c1)CC(=O)N2. The number of fused-ring (bicyclic) bond motifs is 1. The quantitative estimate of drug-likeness (QED) is 0.798.